The number of carbonyl (C=O) groups excluding carboxylic acids is 1. The minimum atomic E-state index is -0.165. The molecule has 0 radical (unpaired) electrons. The number of thiazole rings is 1. The Labute approximate surface area is 163 Å². The zero-order valence-electron chi connectivity index (χ0n) is 15.9. The summed E-state index contributed by atoms with van der Waals surface area (Å²) in [7, 11) is 0. The van der Waals surface area contributed by atoms with Crippen molar-refractivity contribution in [2.75, 3.05) is 0 Å². The van der Waals surface area contributed by atoms with Crippen LogP contribution in [0, 0.1) is 13.8 Å². The number of fused-ring (bicyclic) bond motifs is 2. The molecule has 0 spiro atoms. The Morgan fingerprint density at radius 2 is 1.96 bits per heavy atom. The molecular weight excluding hydrogens is 352 g/mol. The molecule has 4 rings (SSSR count). The van der Waals surface area contributed by atoms with Crippen LogP contribution in [-0.2, 0) is 19.4 Å². The van der Waals surface area contributed by atoms with E-state index in [2.05, 4.69) is 48.2 Å². The predicted molar refractivity (Wildman–Crippen MR) is 112 cm³/mol. The number of hydrogen-bond donors (Lipinski definition) is 0. The first-order chi connectivity index (χ1) is 13.1. The number of aryl methyl sites for hydroxylation is 4. The third-order valence-corrected chi connectivity index (χ3v) is 6.24. The number of nitrogens with zero attached hydrogens (tertiary/aromatic N) is 2. The third kappa shape index (κ3) is 3.42. The fourth-order valence-corrected chi connectivity index (χ4v) is 5.21. The van der Waals surface area contributed by atoms with Gasteiger partial charge in [0.25, 0.3) is 5.91 Å². The second-order valence-corrected chi connectivity index (χ2v) is 8.33. The molecule has 0 bridgehead atoms. The molecule has 0 unspecified atom stereocenters. The average molecular weight is 377 g/mol. The highest BCUT2D eigenvalue weighted by Crippen LogP contribution is 2.24. The normalized spacial score (nSPS) is 14.4. The molecule has 0 N–H and O–H groups in total. The van der Waals surface area contributed by atoms with E-state index in [1.54, 1.807) is 11.3 Å². The molecule has 3 aromatic rings. The summed E-state index contributed by atoms with van der Waals surface area (Å²) in [5, 5.41) is 0. The van der Waals surface area contributed by atoms with Crippen LogP contribution in [-0.4, -0.2) is 10.5 Å². The van der Waals surface area contributed by atoms with E-state index in [0.717, 1.165) is 27.9 Å². The summed E-state index contributed by atoms with van der Waals surface area (Å²) in [5.41, 5.74) is 6.94. The summed E-state index contributed by atoms with van der Waals surface area (Å²) >= 11 is 1.57. The van der Waals surface area contributed by atoms with E-state index in [0.29, 0.717) is 12.1 Å². The van der Waals surface area contributed by atoms with Crippen LogP contribution in [0.25, 0.3) is 10.2 Å². The van der Waals surface area contributed by atoms with E-state index in [-0.39, 0.29) is 5.91 Å². The van der Waals surface area contributed by atoms with Crippen molar-refractivity contribution in [3.8, 4) is 0 Å². The molecular formula is C23H24N2OS. The highest BCUT2D eigenvalue weighted by molar-refractivity contribution is 7.16. The smallest absolute Gasteiger partial charge is 0.279 e. The zero-order valence-corrected chi connectivity index (χ0v) is 16.7. The van der Waals surface area contributed by atoms with E-state index < -0.39 is 0 Å². The van der Waals surface area contributed by atoms with Crippen LogP contribution in [0.15, 0.2) is 48.0 Å². The maximum absolute atomic E-state index is 12.9. The summed E-state index contributed by atoms with van der Waals surface area (Å²) in [4.78, 5) is 18.1. The van der Waals surface area contributed by atoms with Crippen LogP contribution in [0.5, 0.6) is 0 Å². The number of allylic oxidation sites excluding steroid dienone is 1. The van der Waals surface area contributed by atoms with Crippen LogP contribution >= 0.6 is 11.3 Å². The van der Waals surface area contributed by atoms with Crippen LogP contribution in [0.3, 0.4) is 0 Å². The first-order valence-corrected chi connectivity index (χ1v) is 10.3. The number of aromatic nitrogens is 1. The standard InChI is InChI=1S/C23H24N2OS/c1-4-11-25-21-16(3)12-15(2)13-20(21)27-23(25)24-22(26)19-10-9-17-7-5-6-8-18(17)14-19/h4,9-10,12-14H,1,5-8,11H2,2-3H3. The molecule has 0 atom stereocenters. The molecule has 0 saturated carbocycles. The number of carbonyl (C=O) groups is 1. The molecule has 0 aliphatic heterocycles. The van der Waals surface area contributed by atoms with Gasteiger partial charge in [-0.05, 0) is 80.0 Å². The van der Waals surface area contributed by atoms with Gasteiger partial charge in [0.1, 0.15) is 0 Å². The van der Waals surface area contributed by atoms with Crippen LogP contribution in [0.4, 0.5) is 0 Å². The molecule has 138 valence electrons. The van der Waals surface area contributed by atoms with E-state index >= 15 is 0 Å². The molecule has 0 saturated heterocycles. The van der Waals surface area contributed by atoms with Crippen molar-refractivity contribution < 1.29 is 4.79 Å². The Balaban J connectivity index is 1.82. The Kier molecular flexibility index (Phi) is 4.83. The average Bonchev–Trinajstić information content (AvgIpc) is 2.98. The van der Waals surface area contributed by atoms with E-state index in [1.807, 2.05) is 18.2 Å². The Morgan fingerprint density at radius 1 is 1.19 bits per heavy atom. The van der Waals surface area contributed by atoms with Crippen molar-refractivity contribution in [3.63, 3.8) is 0 Å². The van der Waals surface area contributed by atoms with Crippen molar-refractivity contribution in [1.82, 2.24) is 4.57 Å². The molecule has 2 aromatic carbocycles. The third-order valence-electron chi connectivity index (χ3n) is 5.22. The quantitative estimate of drug-likeness (QED) is 0.584. The maximum Gasteiger partial charge on any atom is 0.279 e. The van der Waals surface area contributed by atoms with Gasteiger partial charge in [-0.2, -0.15) is 4.99 Å². The van der Waals surface area contributed by atoms with Gasteiger partial charge >= 0.3 is 0 Å². The zero-order chi connectivity index (χ0) is 19.0. The van der Waals surface area contributed by atoms with Gasteiger partial charge in [0, 0.05) is 12.1 Å². The molecule has 3 nitrogen and oxygen atoms in total. The molecule has 0 fully saturated rings. The molecule has 1 aliphatic carbocycles. The molecule has 4 heteroatoms. The summed E-state index contributed by atoms with van der Waals surface area (Å²) in [6.45, 7) is 8.72. The lowest BCUT2D eigenvalue weighted by molar-refractivity contribution is 0.0997. The Morgan fingerprint density at radius 3 is 2.74 bits per heavy atom. The van der Waals surface area contributed by atoms with E-state index in [1.165, 1.54) is 35.1 Å². The first kappa shape index (κ1) is 17.9. The second-order valence-electron chi connectivity index (χ2n) is 7.32. The van der Waals surface area contributed by atoms with Gasteiger partial charge in [-0.3, -0.25) is 4.79 Å². The largest absolute Gasteiger partial charge is 0.312 e. The summed E-state index contributed by atoms with van der Waals surface area (Å²) in [6, 6.07) is 10.4. The lowest BCUT2D eigenvalue weighted by Crippen LogP contribution is -2.17. The highest BCUT2D eigenvalue weighted by Gasteiger charge is 2.14. The van der Waals surface area contributed by atoms with Crippen molar-refractivity contribution in [3.05, 3.63) is 75.6 Å². The first-order valence-electron chi connectivity index (χ1n) is 9.49. The van der Waals surface area contributed by atoms with Gasteiger partial charge in [0.2, 0.25) is 0 Å². The monoisotopic (exact) mass is 376 g/mol. The predicted octanol–water partition coefficient (Wildman–Crippen LogP) is 5.13. The molecule has 1 amide bonds. The number of amides is 1. The fraction of sp³-hybridized carbons (Fsp3) is 0.304. The maximum atomic E-state index is 12.9. The van der Waals surface area contributed by atoms with Gasteiger partial charge in [-0.15, -0.1) is 6.58 Å². The summed E-state index contributed by atoms with van der Waals surface area (Å²) in [5.74, 6) is -0.165. The second kappa shape index (κ2) is 7.28. The van der Waals surface area contributed by atoms with Gasteiger partial charge in [0.15, 0.2) is 4.80 Å². The molecule has 1 heterocycles. The van der Waals surface area contributed by atoms with Crippen molar-refractivity contribution in [2.45, 2.75) is 46.1 Å². The fourth-order valence-electron chi connectivity index (χ4n) is 3.99. The minimum Gasteiger partial charge on any atom is -0.312 e. The van der Waals surface area contributed by atoms with E-state index in [4.69, 9.17) is 0 Å². The Hall–Kier alpha value is -2.46. The highest BCUT2D eigenvalue weighted by atomic mass is 32.1. The SMILES string of the molecule is C=CCn1c(=NC(=O)c2ccc3c(c2)CCCC3)sc2cc(C)cc(C)c21. The summed E-state index contributed by atoms with van der Waals surface area (Å²) in [6.07, 6.45) is 6.49. The van der Waals surface area contributed by atoms with Gasteiger partial charge in [-0.25, -0.2) is 0 Å². The number of rotatable bonds is 3. The van der Waals surface area contributed by atoms with E-state index in [9.17, 15) is 4.79 Å². The lowest BCUT2D eigenvalue weighted by Gasteiger charge is -2.15. The van der Waals surface area contributed by atoms with Crippen molar-refractivity contribution >= 4 is 27.5 Å². The van der Waals surface area contributed by atoms with Gasteiger partial charge in [-0.1, -0.05) is 29.5 Å². The van der Waals surface area contributed by atoms with Crippen LogP contribution < -0.4 is 4.80 Å². The van der Waals surface area contributed by atoms with Gasteiger partial charge in [0.05, 0.1) is 10.2 Å². The molecule has 1 aliphatic rings. The number of benzene rings is 2. The molecule has 27 heavy (non-hydrogen) atoms. The van der Waals surface area contributed by atoms with Crippen LogP contribution in [0.2, 0.25) is 0 Å². The van der Waals surface area contributed by atoms with Crippen molar-refractivity contribution in [1.29, 1.82) is 0 Å². The minimum absolute atomic E-state index is 0.165. The number of hydrogen-bond acceptors (Lipinski definition) is 2. The topological polar surface area (TPSA) is 34.4 Å². The van der Waals surface area contributed by atoms with Gasteiger partial charge < -0.3 is 4.57 Å². The van der Waals surface area contributed by atoms with Crippen molar-refractivity contribution in [2.24, 2.45) is 4.99 Å². The molecule has 1 aromatic heterocycles. The Bertz CT molecular complexity index is 1120. The summed E-state index contributed by atoms with van der Waals surface area (Å²) < 4.78 is 3.25. The lowest BCUT2D eigenvalue weighted by atomic mass is 9.90. The van der Waals surface area contributed by atoms with Crippen LogP contribution in [0.1, 0.15) is 45.5 Å².